The van der Waals surface area contributed by atoms with Crippen molar-refractivity contribution in [3.8, 4) is 0 Å². The van der Waals surface area contributed by atoms with Crippen LogP contribution in [0, 0.1) is 10.8 Å². The van der Waals surface area contributed by atoms with E-state index in [-0.39, 0.29) is 32.1 Å². The van der Waals surface area contributed by atoms with Crippen LogP contribution in [0.5, 0.6) is 0 Å². The van der Waals surface area contributed by atoms with Gasteiger partial charge in [-0.2, -0.15) is 13.2 Å². The zero-order chi connectivity index (χ0) is 36.6. The number of hydrogen-bond acceptors (Lipinski definition) is 6. The van der Waals surface area contributed by atoms with Gasteiger partial charge in [0.05, 0.1) is 12.1 Å². The van der Waals surface area contributed by atoms with Crippen molar-refractivity contribution in [1.82, 2.24) is 36.0 Å². The topological polar surface area (TPSA) is 160 Å². The predicted molar refractivity (Wildman–Crippen MR) is 173 cm³/mol. The SMILES string of the molecule is C=CCNC(=O)C(=O)C(CCC(F)(F)F)NC(=O)[C@@H]1CCCN1C(=O)[C@@H](NC(=O)N[C@H](CN1CCCN(C)C1=O)C(C)(C)C)C(C)(C)C. The molecule has 0 radical (unpaired) electrons. The van der Waals surface area contributed by atoms with Crippen molar-refractivity contribution in [1.29, 1.82) is 0 Å². The molecule has 0 aromatic carbocycles. The van der Waals surface area contributed by atoms with Gasteiger partial charge in [0.1, 0.15) is 12.1 Å². The highest BCUT2D eigenvalue weighted by Gasteiger charge is 2.44. The summed E-state index contributed by atoms with van der Waals surface area (Å²) in [6.07, 6.45) is -4.31. The number of carbonyl (C=O) groups excluding carboxylic acids is 6. The van der Waals surface area contributed by atoms with E-state index in [0.717, 1.165) is 6.42 Å². The predicted octanol–water partition coefficient (Wildman–Crippen LogP) is 2.56. The third-order valence-electron chi connectivity index (χ3n) is 8.48. The van der Waals surface area contributed by atoms with Crippen molar-refractivity contribution in [2.45, 2.75) is 104 Å². The van der Waals surface area contributed by atoms with E-state index in [0.29, 0.717) is 19.5 Å². The largest absolute Gasteiger partial charge is 0.389 e. The van der Waals surface area contributed by atoms with Gasteiger partial charge in [0.15, 0.2) is 0 Å². The highest BCUT2D eigenvalue weighted by Crippen LogP contribution is 2.28. The van der Waals surface area contributed by atoms with Gasteiger partial charge in [0.2, 0.25) is 17.6 Å². The summed E-state index contributed by atoms with van der Waals surface area (Å²) in [5.41, 5.74) is -1.30. The van der Waals surface area contributed by atoms with Crippen LogP contribution in [-0.2, 0) is 19.2 Å². The lowest BCUT2D eigenvalue weighted by molar-refractivity contribution is -0.147. The Kier molecular flexibility index (Phi) is 13.9. The van der Waals surface area contributed by atoms with Gasteiger partial charge in [-0.25, -0.2) is 9.59 Å². The number of ketones is 1. The molecule has 48 heavy (non-hydrogen) atoms. The molecule has 0 aliphatic carbocycles. The first-order chi connectivity index (χ1) is 22.1. The first-order valence-electron chi connectivity index (χ1n) is 16.2. The summed E-state index contributed by atoms with van der Waals surface area (Å²) in [6, 6.07) is -5.31. The molecule has 0 aromatic rings. The zero-order valence-corrected chi connectivity index (χ0v) is 29.1. The first kappa shape index (κ1) is 40.3. The van der Waals surface area contributed by atoms with Crippen LogP contribution in [0.4, 0.5) is 22.8 Å². The molecule has 13 nitrogen and oxygen atoms in total. The molecule has 0 bridgehead atoms. The maximum Gasteiger partial charge on any atom is 0.389 e. The van der Waals surface area contributed by atoms with Crippen LogP contribution < -0.4 is 21.3 Å². The number of urea groups is 2. The van der Waals surface area contributed by atoms with Crippen molar-refractivity contribution in [3.63, 3.8) is 0 Å². The Morgan fingerprint density at radius 3 is 2.15 bits per heavy atom. The minimum atomic E-state index is -4.64. The van der Waals surface area contributed by atoms with E-state index in [1.54, 1.807) is 37.6 Å². The molecule has 2 aliphatic rings. The smallest absolute Gasteiger partial charge is 0.346 e. The lowest BCUT2D eigenvalue weighted by Gasteiger charge is -2.40. The van der Waals surface area contributed by atoms with Gasteiger partial charge in [-0.15, -0.1) is 6.58 Å². The van der Waals surface area contributed by atoms with E-state index >= 15 is 0 Å². The summed E-state index contributed by atoms with van der Waals surface area (Å²) >= 11 is 0. The van der Waals surface area contributed by atoms with Crippen LogP contribution in [-0.4, -0.2) is 120 Å². The minimum absolute atomic E-state index is 0.103. The molecule has 2 fully saturated rings. The Labute approximate surface area is 280 Å². The van der Waals surface area contributed by atoms with E-state index in [4.69, 9.17) is 0 Å². The van der Waals surface area contributed by atoms with Crippen LogP contribution in [0.3, 0.4) is 0 Å². The number of Topliss-reactive ketones (excluding diaryl/α,β-unsaturated/α-hetero) is 1. The summed E-state index contributed by atoms with van der Waals surface area (Å²) in [5.74, 6) is -3.88. The summed E-state index contributed by atoms with van der Waals surface area (Å²) in [6.45, 7) is 15.8. The molecule has 272 valence electrons. The van der Waals surface area contributed by atoms with E-state index in [1.165, 1.54) is 11.0 Å². The molecule has 2 saturated heterocycles. The highest BCUT2D eigenvalue weighted by molar-refractivity contribution is 6.38. The number of alkyl halides is 3. The Morgan fingerprint density at radius 1 is 0.938 bits per heavy atom. The molecule has 0 aromatic heterocycles. The average molecular weight is 688 g/mol. The average Bonchev–Trinajstić information content (AvgIpc) is 3.46. The van der Waals surface area contributed by atoms with Crippen LogP contribution in [0.1, 0.15) is 73.6 Å². The number of amides is 7. The third kappa shape index (κ3) is 11.7. The fourth-order valence-electron chi connectivity index (χ4n) is 5.56. The summed E-state index contributed by atoms with van der Waals surface area (Å²) in [5, 5.41) is 10.2. The van der Waals surface area contributed by atoms with Gasteiger partial charge < -0.3 is 36.0 Å². The van der Waals surface area contributed by atoms with Crippen LogP contribution in [0.25, 0.3) is 0 Å². The molecule has 2 aliphatic heterocycles. The molecule has 4 atom stereocenters. The molecule has 0 spiro atoms. The molecule has 1 unspecified atom stereocenters. The number of carbonyl (C=O) groups is 6. The van der Waals surface area contributed by atoms with Crippen molar-refractivity contribution < 1.29 is 41.9 Å². The second-order valence-corrected chi connectivity index (χ2v) is 14.6. The van der Waals surface area contributed by atoms with E-state index in [1.807, 2.05) is 20.8 Å². The van der Waals surface area contributed by atoms with Gasteiger partial charge >= 0.3 is 18.2 Å². The molecule has 16 heteroatoms. The van der Waals surface area contributed by atoms with Crippen molar-refractivity contribution in [2.24, 2.45) is 10.8 Å². The van der Waals surface area contributed by atoms with E-state index in [2.05, 4.69) is 27.8 Å². The third-order valence-corrected chi connectivity index (χ3v) is 8.48. The molecule has 0 saturated carbocycles. The quantitative estimate of drug-likeness (QED) is 0.172. The maximum atomic E-state index is 14.0. The Hall–Kier alpha value is -3.85. The second kappa shape index (κ2) is 16.5. The monoisotopic (exact) mass is 687 g/mol. The van der Waals surface area contributed by atoms with Gasteiger partial charge in [0.25, 0.3) is 5.91 Å². The zero-order valence-electron chi connectivity index (χ0n) is 29.1. The minimum Gasteiger partial charge on any atom is -0.346 e. The number of rotatable bonds is 13. The Morgan fingerprint density at radius 2 is 1.58 bits per heavy atom. The molecule has 2 heterocycles. The molecular weight excluding hydrogens is 635 g/mol. The van der Waals surface area contributed by atoms with Gasteiger partial charge in [-0.3, -0.25) is 19.2 Å². The lowest BCUT2D eigenvalue weighted by Crippen LogP contribution is -2.62. The van der Waals surface area contributed by atoms with Crippen LogP contribution in [0.2, 0.25) is 0 Å². The number of likely N-dealkylation sites (tertiary alicyclic amines) is 1. The first-order valence-corrected chi connectivity index (χ1v) is 16.2. The van der Waals surface area contributed by atoms with Crippen LogP contribution in [0.15, 0.2) is 12.7 Å². The Bertz CT molecular complexity index is 1210. The number of halogens is 3. The fraction of sp³-hybridized carbons (Fsp3) is 0.750. The molecule has 4 N–H and O–H groups in total. The number of nitrogens with zero attached hydrogens (tertiary/aromatic N) is 3. The second-order valence-electron chi connectivity index (χ2n) is 14.6. The summed E-state index contributed by atoms with van der Waals surface area (Å²) < 4.78 is 39.1. The van der Waals surface area contributed by atoms with Gasteiger partial charge in [-0.1, -0.05) is 47.6 Å². The highest BCUT2D eigenvalue weighted by atomic mass is 19.4. The van der Waals surface area contributed by atoms with E-state index in [9.17, 15) is 41.9 Å². The normalized spacial score (nSPS) is 19.2. The van der Waals surface area contributed by atoms with Crippen molar-refractivity contribution in [3.05, 3.63) is 12.7 Å². The molecular formula is C32H52F3N7O6. The molecule has 2 rings (SSSR count). The van der Waals surface area contributed by atoms with Crippen LogP contribution >= 0.6 is 0 Å². The van der Waals surface area contributed by atoms with Crippen molar-refractivity contribution >= 4 is 35.6 Å². The Balaban J connectivity index is 2.22. The molecule has 7 amide bonds. The fourth-order valence-corrected chi connectivity index (χ4v) is 5.56. The summed E-state index contributed by atoms with van der Waals surface area (Å²) in [4.78, 5) is 83.0. The number of nitrogens with one attached hydrogen (secondary N) is 4. The van der Waals surface area contributed by atoms with E-state index < -0.39 is 83.6 Å². The summed E-state index contributed by atoms with van der Waals surface area (Å²) in [7, 11) is 1.72. The maximum absolute atomic E-state index is 14.0. The van der Waals surface area contributed by atoms with Crippen molar-refractivity contribution in [2.75, 3.05) is 39.8 Å². The van der Waals surface area contributed by atoms with Gasteiger partial charge in [-0.05, 0) is 36.5 Å². The standard InChI is InChI=1S/C32H52F3N7O6/c1-9-15-36-26(45)23(43)20(13-14-32(33,34)35)37-25(44)21-12-10-18-42(21)27(46)24(31(5,6)7)39-28(47)38-22(30(2,3)4)19-41-17-11-16-40(8)29(41)48/h9,20-22,24H,1,10-19H2,2-8H3,(H,36,45)(H,37,44)(H2,38,39,47)/t20?,21-,22+,24+/m0/s1. The number of hydrogen-bond donors (Lipinski definition) is 4. The van der Waals surface area contributed by atoms with Gasteiger partial charge in [0, 0.05) is 46.2 Å². The lowest BCUT2D eigenvalue weighted by atomic mass is 9.85.